The number of β-amino-alcohol motifs (C(OH)–C–C–N with tert-alkyl or cyclic N) is 1. The number of hydrogen-bond donors (Lipinski definition) is 2. The number of likely N-dealkylation sites (tertiary alicyclic amines) is 1. The van der Waals surface area contributed by atoms with Crippen molar-refractivity contribution >= 4 is 0 Å². The van der Waals surface area contributed by atoms with Crippen LogP contribution in [0.25, 0.3) is 0 Å². The topological polar surface area (TPSA) is 38.7 Å². The molecule has 0 amide bonds. The van der Waals surface area contributed by atoms with E-state index >= 15 is 0 Å². The van der Waals surface area contributed by atoms with Gasteiger partial charge in [0.05, 0.1) is 6.10 Å². The Labute approximate surface area is 153 Å². The van der Waals surface area contributed by atoms with Crippen LogP contribution in [0, 0.1) is 11.8 Å². The second kappa shape index (κ2) is 9.67. The van der Waals surface area contributed by atoms with Crippen LogP contribution in [0.4, 0.5) is 0 Å². The van der Waals surface area contributed by atoms with Crippen LogP contribution in [0.1, 0.15) is 37.4 Å². The van der Waals surface area contributed by atoms with Gasteiger partial charge in [-0.1, -0.05) is 30.3 Å². The minimum absolute atomic E-state index is 0.362. The molecule has 2 atom stereocenters. The van der Waals surface area contributed by atoms with Gasteiger partial charge in [0.1, 0.15) is 0 Å². The first kappa shape index (κ1) is 18.8. The van der Waals surface area contributed by atoms with E-state index in [1.165, 1.54) is 51.9 Å². The lowest BCUT2D eigenvalue weighted by atomic mass is 9.94. The normalized spacial score (nSPS) is 24.5. The zero-order valence-electron chi connectivity index (χ0n) is 15.7. The molecule has 2 unspecified atom stereocenters. The van der Waals surface area contributed by atoms with Crippen molar-refractivity contribution in [2.75, 3.05) is 52.9 Å². The number of aliphatic hydroxyl groups excluding tert-OH is 1. The van der Waals surface area contributed by atoms with E-state index in [2.05, 4.69) is 22.2 Å². The predicted octanol–water partition coefficient (Wildman–Crippen LogP) is 2.36. The van der Waals surface area contributed by atoms with E-state index in [1.54, 1.807) is 0 Å². The highest BCUT2D eigenvalue weighted by Gasteiger charge is 2.23. The van der Waals surface area contributed by atoms with Gasteiger partial charge < -0.3 is 20.2 Å². The van der Waals surface area contributed by atoms with E-state index < -0.39 is 0 Å². The molecule has 2 aliphatic heterocycles. The van der Waals surface area contributed by atoms with E-state index in [0.717, 1.165) is 37.0 Å². The van der Waals surface area contributed by atoms with Crippen LogP contribution in [0.5, 0.6) is 0 Å². The SMILES string of the molecule is CN(CC1CCN(CC(O)c2ccccc2)CC1)CC1CCCNC1. The summed E-state index contributed by atoms with van der Waals surface area (Å²) in [7, 11) is 2.29. The number of aliphatic hydroxyl groups is 1. The van der Waals surface area contributed by atoms with Gasteiger partial charge in [-0.15, -0.1) is 0 Å². The summed E-state index contributed by atoms with van der Waals surface area (Å²) >= 11 is 0. The minimum atomic E-state index is -0.362. The summed E-state index contributed by atoms with van der Waals surface area (Å²) in [5.41, 5.74) is 1.03. The molecule has 0 radical (unpaired) electrons. The smallest absolute Gasteiger partial charge is 0.0916 e. The van der Waals surface area contributed by atoms with E-state index in [0.29, 0.717) is 0 Å². The second-order valence-corrected chi connectivity index (χ2v) is 8.10. The molecular weight excluding hydrogens is 310 g/mol. The summed E-state index contributed by atoms with van der Waals surface area (Å²) in [5.74, 6) is 1.64. The number of nitrogens with zero attached hydrogens (tertiary/aromatic N) is 2. The molecule has 2 saturated heterocycles. The quantitative estimate of drug-likeness (QED) is 0.796. The van der Waals surface area contributed by atoms with Crippen molar-refractivity contribution in [2.24, 2.45) is 11.8 Å². The number of hydrogen-bond acceptors (Lipinski definition) is 4. The third-order valence-corrected chi connectivity index (χ3v) is 5.86. The van der Waals surface area contributed by atoms with Crippen molar-refractivity contribution in [3.63, 3.8) is 0 Å². The first-order valence-electron chi connectivity index (χ1n) is 10.1. The van der Waals surface area contributed by atoms with Gasteiger partial charge in [0.25, 0.3) is 0 Å². The molecule has 3 rings (SSSR count). The van der Waals surface area contributed by atoms with Gasteiger partial charge in [-0.2, -0.15) is 0 Å². The van der Waals surface area contributed by atoms with Crippen LogP contribution >= 0.6 is 0 Å². The molecule has 2 aliphatic rings. The fourth-order valence-electron chi connectivity index (χ4n) is 4.41. The molecule has 1 aromatic rings. The number of nitrogens with one attached hydrogen (secondary N) is 1. The Balaban J connectivity index is 1.35. The predicted molar refractivity (Wildman–Crippen MR) is 104 cm³/mol. The second-order valence-electron chi connectivity index (χ2n) is 8.10. The van der Waals surface area contributed by atoms with Gasteiger partial charge in [-0.25, -0.2) is 0 Å². The van der Waals surface area contributed by atoms with Crippen LogP contribution in [0.2, 0.25) is 0 Å². The van der Waals surface area contributed by atoms with Gasteiger partial charge in [0.2, 0.25) is 0 Å². The maximum atomic E-state index is 10.4. The van der Waals surface area contributed by atoms with Crippen LogP contribution in [0.3, 0.4) is 0 Å². The maximum Gasteiger partial charge on any atom is 0.0916 e. The molecule has 0 aromatic heterocycles. The molecule has 4 heteroatoms. The lowest BCUT2D eigenvalue weighted by Crippen LogP contribution is -2.42. The first-order chi connectivity index (χ1) is 12.2. The molecule has 2 heterocycles. The monoisotopic (exact) mass is 345 g/mol. The van der Waals surface area contributed by atoms with Gasteiger partial charge in [0, 0.05) is 19.6 Å². The summed E-state index contributed by atoms with van der Waals surface area (Å²) in [6, 6.07) is 10.0. The summed E-state index contributed by atoms with van der Waals surface area (Å²) in [4.78, 5) is 4.98. The molecule has 25 heavy (non-hydrogen) atoms. The lowest BCUT2D eigenvalue weighted by molar-refractivity contribution is 0.0813. The van der Waals surface area contributed by atoms with Crippen molar-refractivity contribution in [2.45, 2.75) is 31.8 Å². The molecule has 140 valence electrons. The summed E-state index contributed by atoms with van der Waals surface area (Å²) in [5, 5.41) is 13.9. The minimum Gasteiger partial charge on any atom is -0.387 e. The van der Waals surface area contributed by atoms with Gasteiger partial charge in [-0.3, -0.25) is 0 Å². The van der Waals surface area contributed by atoms with Crippen LogP contribution in [0.15, 0.2) is 30.3 Å². The number of piperidine rings is 2. The standard InChI is InChI=1S/C21H35N3O/c1-23(16-19-6-5-11-22-14-19)15-18-9-12-24(13-10-18)17-21(25)20-7-3-2-4-8-20/h2-4,7-8,18-19,21-22,25H,5-6,9-17H2,1H3. The Hall–Kier alpha value is -0.940. The van der Waals surface area contributed by atoms with Crippen molar-refractivity contribution in [3.05, 3.63) is 35.9 Å². The molecule has 0 saturated carbocycles. The van der Waals surface area contributed by atoms with Gasteiger partial charge in [0.15, 0.2) is 0 Å². The Morgan fingerprint density at radius 2 is 1.84 bits per heavy atom. The molecule has 0 aliphatic carbocycles. The molecule has 2 N–H and O–H groups in total. The third kappa shape index (κ3) is 6.07. The van der Waals surface area contributed by atoms with Gasteiger partial charge >= 0.3 is 0 Å². The Morgan fingerprint density at radius 3 is 2.52 bits per heavy atom. The van der Waals surface area contributed by atoms with Crippen LogP contribution in [-0.4, -0.2) is 67.8 Å². The average molecular weight is 346 g/mol. The van der Waals surface area contributed by atoms with Crippen molar-refractivity contribution < 1.29 is 5.11 Å². The van der Waals surface area contributed by atoms with Crippen molar-refractivity contribution in [3.8, 4) is 0 Å². The fraction of sp³-hybridized carbons (Fsp3) is 0.714. The highest BCUT2D eigenvalue weighted by atomic mass is 16.3. The van der Waals surface area contributed by atoms with Crippen molar-refractivity contribution in [1.82, 2.24) is 15.1 Å². The first-order valence-corrected chi connectivity index (χ1v) is 10.1. The van der Waals surface area contributed by atoms with Crippen LogP contribution in [-0.2, 0) is 0 Å². The molecule has 2 fully saturated rings. The maximum absolute atomic E-state index is 10.4. The molecule has 1 aromatic carbocycles. The van der Waals surface area contributed by atoms with Crippen LogP contribution < -0.4 is 5.32 Å². The van der Waals surface area contributed by atoms with Crippen molar-refractivity contribution in [1.29, 1.82) is 0 Å². The highest BCUT2D eigenvalue weighted by molar-refractivity contribution is 5.17. The Morgan fingerprint density at radius 1 is 1.12 bits per heavy atom. The third-order valence-electron chi connectivity index (χ3n) is 5.86. The Bertz CT molecular complexity index is 481. The summed E-state index contributed by atoms with van der Waals surface area (Å²) in [6.45, 7) is 7.86. The van der Waals surface area contributed by atoms with E-state index in [-0.39, 0.29) is 6.10 Å². The van der Waals surface area contributed by atoms with Gasteiger partial charge in [-0.05, 0) is 76.3 Å². The number of rotatable bonds is 7. The average Bonchev–Trinajstić information content (AvgIpc) is 2.65. The highest BCUT2D eigenvalue weighted by Crippen LogP contribution is 2.22. The fourth-order valence-corrected chi connectivity index (χ4v) is 4.41. The van der Waals surface area contributed by atoms with E-state index in [4.69, 9.17) is 0 Å². The molecule has 4 nitrogen and oxygen atoms in total. The Kier molecular flexibility index (Phi) is 7.29. The molecular formula is C21H35N3O. The zero-order valence-corrected chi connectivity index (χ0v) is 15.7. The summed E-state index contributed by atoms with van der Waals surface area (Å²) < 4.78 is 0. The number of benzene rings is 1. The molecule has 0 bridgehead atoms. The zero-order chi connectivity index (χ0) is 17.5. The van der Waals surface area contributed by atoms with E-state index in [1.807, 2.05) is 30.3 Å². The molecule has 0 spiro atoms. The van der Waals surface area contributed by atoms with E-state index in [9.17, 15) is 5.11 Å². The lowest BCUT2D eigenvalue weighted by Gasteiger charge is -2.36. The largest absolute Gasteiger partial charge is 0.387 e. The summed E-state index contributed by atoms with van der Waals surface area (Å²) in [6.07, 6.45) is 4.87.